The molecule has 0 bridgehead atoms. The van der Waals surface area contributed by atoms with Crippen LogP contribution in [0, 0.1) is 29.9 Å². The van der Waals surface area contributed by atoms with Crippen LogP contribution in [-0.4, -0.2) is 49.4 Å². The normalized spacial score (nSPS) is 16.9. The van der Waals surface area contributed by atoms with Crippen LogP contribution < -0.4 is 0 Å². The van der Waals surface area contributed by atoms with Crippen molar-refractivity contribution in [3.05, 3.63) is 59.8 Å². The van der Waals surface area contributed by atoms with Crippen LogP contribution in [0.3, 0.4) is 0 Å². The lowest BCUT2D eigenvalue weighted by Gasteiger charge is -2.30. The zero-order valence-corrected chi connectivity index (χ0v) is 19.0. The first-order valence-corrected chi connectivity index (χ1v) is 11.4. The van der Waals surface area contributed by atoms with Gasteiger partial charge in [0.1, 0.15) is 16.9 Å². The lowest BCUT2D eigenvalue weighted by molar-refractivity contribution is 0.201. The fraction of sp³-hybridized carbons (Fsp3) is 0.304. The van der Waals surface area contributed by atoms with Gasteiger partial charge in [0.15, 0.2) is 5.82 Å². The molecule has 1 aliphatic rings. The van der Waals surface area contributed by atoms with E-state index in [9.17, 15) is 14.0 Å². The van der Waals surface area contributed by atoms with Crippen molar-refractivity contribution in [2.45, 2.75) is 35.7 Å². The fourth-order valence-corrected chi connectivity index (χ4v) is 5.34. The molecule has 5 heterocycles. The summed E-state index contributed by atoms with van der Waals surface area (Å²) in [4.78, 5) is 6.81. The first-order valence-electron chi connectivity index (χ1n) is 10.6. The van der Waals surface area contributed by atoms with Crippen LogP contribution in [0.2, 0.25) is 0 Å². The SMILES string of the molecule is Cc1c(-c2cc(Sc3ncc(F)cc3F)c3c(C#N)cnn3c2)cnn1[C@H]1CCCN(C)C1. The van der Waals surface area contributed by atoms with Gasteiger partial charge in [0.2, 0.25) is 0 Å². The number of hydrogen-bond acceptors (Lipinski definition) is 6. The lowest BCUT2D eigenvalue weighted by atomic mass is 10.1. The molecule has 0 amide bonds. The van der Waals surface area contributed by atoms with E-state index in [4.69, 9.17) is 0 Å². The second-order valence-corrected chi connectivity index (χ2v) is 9.28. The zero-order valence-electron chi connectivity index (χ0n) is 18.2. The average molecular weight is 466 g/mol. The molecule has 1 saturated heterocycles. The van der Waals surface area contributed by atoms with Gasteiger partial charge < -0.3 is 4.90 Å². The molecule has 0 radical (unpaired) electrons. The molecule has 0 unspecified atom stereocenters. The van der Waals surface area contributed by atoms with Gasteiger partial charge in [-0.25, -0.2) is 18.3 Å². The van der Waals surface area contributed by atoms with E-state index < -0.39 is 11.6 Å². The number of hydrogen-bond donors (Lipinski definition) is 0. The molecular formula is C23H21F2N7S. The number of piperidine rings is 1. The number of likely N-dealkylation sites (tertiary alicyclic amines) is 1. The molecule has 5 rings (SSSR count). The van der Waals surface area contributed by atoms with Gasteiger partial charge in [-0.2, -0.15) is 15.5 Å². The highest BCUT2D eigenvalue weighted by molar-refractivity contribution is 7.99. The molecule has 7 nitrogen and oxygen atoms in total. The van der Waals surface area contributed by atoms with Crippen molar-refractivity contribution in [3.63, 3.8) is 0 Å². The zero-order chi connectivity index (χ0) is 23.1. The van der Waals surface area contributed by atoms with Crippen molar-refractivity contribution < 1.29 is 8.78 Å². The van der Waals surface area contributed by atoms with Gasteiger partial charge in [0, 0.05) is 40.5 Å². The Morgan fingerprint density at radius 1 is 1.18 bits per heavy atom. The largest absolute Gasteiger partial charge is 0.304 e. The minimum atomic E-state index is -0.757. The van der Waals surface area contributed by atoms with Gasteiger partial charge in [-0.05, 0) is 39.4 Å². The van der Waals surface area contributed by atoms with E-state index in [1.165, 1.54) is 6.20 Å². The lowest BCUT2D eigenvalue weighted by Crippen LogP contribution is -2.34. The summed E-state index contributed by atoms with van der Waals surface area (Å²) in [7, 11) is 2.12. The highest BCUT2D eigenvalue weighted by atomic mass is 32.2. The molecule has 1 atom stereocenters. The average Bonchev–Trinajstić information content (AvgIpc) is 3.39. The van der Waals surface area contributed by atoms with Crippen LogP contribution in [0.25, 0.3) is 16.6 Å². The number of aromatic nitrogens is 5. The number of fused-ring (bicyclic) bond motifs is 1. The topological polar surface area (TPSA) is 75.0 Å². The van der Waals surface area contributed by atoms with Crippen molar-refractivity contribution in [3.8, 4) is 17.2 Å². The summed E-state index contributed by atoms with van der Waals surface area (Å²) in [5.74, 6) is -1.50. The van der Waals surface area contributed by atoms with E-state index in [1.807, 2.05) is 25.4 Å². The number of rotatable bonds is 4. The monoisotopic (exact) mass is 465 g/mol. The van der Waals surface area contributed by atoms with E-state index in [-0.39, 0.29) is 5.03 Å². The van der Waals surface area contributed by atoms with Crippen LogP contribution in [-0.2, 0) is 0 Å². The van der Waals surface area contributed by atoms with Crippen LogP contribution in [0.5, 0.6) is 0 Å². The third-order valence-corrected chi connectivity index (χ3v) is 7.00. The summed E-state index contributed by atoms with van der Waals surface area (Å²) in [5.41, 5.74) is 3.73. The molecule has 0 aliphatic carbocycles. The third kappa shape index (κ3) is 3.98. The summed E-state index contributed by atoms with van der Waals surface area (Å²) >= 11 is 1.04. The number of nitrogens with zero attached hydrogens (tertiary/aromatic N) is 7. The predicted octanol–water partition coefficient (Wildman–Crippen LogP) is 4.47. The fourth-order valence-electron chi connectivity index (χ4n) is 4.39. The maximum Gasteiger partial charge on any atom is 0.158 e. The van der Waals surface area contributed by atoms with Gasteiger partial charge in [-0.1, -0.05) is 11.8 Å². The van der Waals surface area contributed by atoms with Crippen LogP contribution in [0.15, 0.2) is 46.8 Å². The molecule has 1 fully saturated rings. The van der Waals surface area contributed by atoms with E-state index in [2.05, 4.69) is 37.9 Å². The van der Waals surface area contributed by atoms with E-state index in [0.29, 0.717) is 22.0 Å². The van der Waals surface area contributed by atoms with Crippen LogP contribution in [0.1, 0.15) is 30.1 Å². The van der Waals surface area contributed by atoms with Crippen molar-refractivity contribution in [1.82, 2.24) is 29.3 Å². The van der Waals surface area contributed by atoms with E-state index >= 15 is 0 Å². The molecule has 4 aromatic heterocycles. The minimum Gasteiger partial charge on any atom is -0.304 e. The second-order valence-electron chi connectivity index (χ2n) is 8.25. The molecule has 4 aromatic rings. The van der Waals surface area contributed by atoms with Crippen molar-refractivity contribution in [2.24, 2.45) is 0 Å². The molecule has 0 aromatic carbocycles. The Kier molecular flexibility index (Phi) is 5.60. The predicted molar refractivity (Wildman–Crippen MR) is 120 cm³/mol. The van der Waals surface area contributed by atoms with Gasteiger partial charge in [0.05, 0.1) is 35.7 Å². The smallest absolute Gasteiger partial charge is 0.158 e. The van der Waals surface area contributed by atoms with Crippen molar-refractivity contribution in [2.75, 3.05) is 20.1 Å². The molecule has 33 heavy (non-hydrogen) atoms. The number of nitriles is 1. The Morgan fingerprint density at radius 3 is 2.79 bits per heavy atom. The maximum absolute atomic E-state index is 14.3. The highest BCUT2D eigenvalue weighted by Gasteiger charge is 2.23. The second kappa shape index (κ2) is 8.57. The van der Waals surface area contributed by atoms with Gasteiger partial charge in [-0.15, -0.1) is 0 Å². The molecular weight excluding hydrogens is 444 g/mol. The van der Waals surface area contributed by atoms with Crippen LogP contribution in [0.4, 0.5) is 8.78 Å². The van der Waals surface area contributed by atoms with Gasteiger partial charge >= 0.3 is 0 Å². The standard InChI is InChI=1S/C23H21F2N7S/c1-14-19(11-29-32(14)18-4-3-5-30(2)13-18)15-6-21(22-16(8-26)9-28-31(22)12-15)33-23-20(25)7-17(24)10-27-23/h6-7,9-12,18H,3-5,13H2,1-2H3/t18-/m0/s1. The summed E-state index contributed by atoms with van der Waals surface area (Å²) in [6, 6.07) is 5.12. The molecule has 0 spiro atoms. The number of pyridine rings is 2. The third-order valence-electron chi connectivity index (χ3n) is 5.98. The summed E-state index contributed by atoms with van der Waals surface area (Å²) < 4.78 is 31.4. The first-order chi connectivity index (χ1) is 15.9. The summed E-state index contributed by atoms with van der Waals surface area (Å²) in [5, 5.41) is 18.6. The molecule has 0 saturated carbocycles. The Bertz CT molecular complexity index is 1390. The Morgan fingerprint density at radius 2 is 2.03 bits per heavy atom. The van der Waals surface area contributed by atoms with E-state index in [0.717, 1.165) is 66.8 Å². The Hall–Kier alpha value is -3.29. The Labute approximate surface area is 193 Å². The Balaban J connectivity index is 1.60. The van der Waals surface area contributed by atoms with Crippen molar-refractivity contribution >= 4 is 17.3 Å². The van der Waals surface area contributed by atoms with Crippen molar-refractivity contribution in [1.29, 1.82) is 5.26 Å². The quantitative estimate of drug-likeness (QED) is 0.443. The minimum absolute atomic E-state index is 0.0261. The molecule has 1 aliphatic heterocycles. The van der Waals surface area contributed by atoms with Crippen LogP contribution >= 0.6 is 11.8 Å². The summed E-state index contributed by atoms with van der Waals surface area (Å²) in [6.45, 7) is 4.08. The molecule has 168 valence electrons. The number of likely N-dealkylation sites (N-methyl/N-ethyl adjacent to an activating group) is 1. The highest BCUT2D eigenvalue weighted by Crippen LogP contribution is 2.37. The summed E-state index contributed by atoms with van der Waals surface area (Å²) in [6.07, 6.45) is 8.34. The maximum atomic E-state index is 14.3. The molecule has 0 N–H and O–H groups in total. The van der Waals surface area contributed by atoms with Gasteiger partial charge in [0.25, 0.3) is 0 Å². The first kappa shape index (κ1) is 21.6. The van der Waals surface area contributed by atoms with Gasteiger partial charge in [-0.3, -0.25) is 4.68 Å². The number of halogens is 2. The molecule has 10 heteroatoms. The van der Waals surface area contributed by atoms with E-state index in [1.54, 1.807) is 4.52 Å².